The fraction of sp³-hybridized carbons (Fsp3) is 0.513. The van der Waals surface area contributed by atoms with Gasteiger partial charge in [0.2, 0.25) is 5.91 Å². The first kappa shape index (κ1) is 34.2. The SMILES string of the molecule is C1NC2CC1C2.Cc1nc2c(F)c(-c3cccc(Cl)c3Cl)c(CCC#N)cc2c2[nH]c(C3CCCN3C(=O)C3CC3)cc12.OC1CCCC1. The van der Waals surface area contributed by atoms with E-state index in [4.69, 9.17) is 28.3 Å². The van der Waals surface area contributed by atoms with Crippen molar-refractivity contribution >= 4 is 50.9 Å². The molecule has 0 spiro atoms. The molecule has 1 atom stereocenters. The lowest BCUT2D eigenvalue weighted by atomic mass is 9.87. The first-order chi connectivity index (χ1) is 23.7. The summed E-state index contributed by atoms with van der Waals surface area (Å²) >= 11 is 12.8. The average molecular weight is 705 g/mol. The minimum atomic E-state index is -0.484. The number of aromatic nitrogens is 2. The molecule has 49 heavy (non-hydrogen) atoms. The number of hydrogen-bond acceptors (Lipinski definition) is 5. The van der Waals surface area contributed by atoms with E-state index in [9.17, 15) is 10.1 Å². The number of amides is 1. The van der Waals surface area contributed by atoms with Crippen molar-refractivity contribution < 1.29 is 14.3 Å². The number of nitriles is 1. The molecule has 6 aliphatic rings. The number of nitrogens with zero attached hydrogens (tertiary/aromatic N) is 3. The van der Waals surface area contributed by atoms with Crippen LogP contribution >= 0.6 is 23.2 Å². The summed E-state index contributed by atoms with van der Waals surface area (Å²) in [5.74, 6) is 1.01. The molecular weight excluding hydrogens is 660 g/mol. The molecule has 10 rings (SSSR count). The van der Waals surface area contributed by atoms with Gasteiger partial charge in [0.05, 0.1) is 33.8 Å². The van der Waals surface area contributed by atoms with Crippen molar-refractivity contribution in [2.24, 2.45) is 11.8 Å². The zero-order chi connectivity index (χ0) is 34.2. The Bertz CT molecular complexity index is 1890. The molecule has 10 heteroatoms. The van der Waals surface area contributed by atoms with Gasteiger partial charge in [-0.2, -0.15) is 5.26 Å². The topological polar surface area (TPSA) is 105 Å². The van der Waals surface area contributed by atoms with Crippen LogP contribution in [-0.2, 0) is 11.2 Å². The highest BCUT2D eigenvalue weighted by Crippen LogP contribution is 2.43. The average Bonchev–Trinajstić information content (AvgIpc) is 3.66. The second-order valence-electron chi connectivity index (χ2n) is 14.4. The molecular formula is C39H44Cl2FN5O2. The van der Waals surface area contributed by atoms with Crippen molar-refractivity contribution in [1.29, 1.82) is 5.26 Å². The number of aliphatic hydroxyl groups excluding tert-OH is 1. The number of H-pyrrole nitrogens is 1. The maximum Gasteiger partial charge on any atom is 0.226 e. The van der Waals surface area contributed by atoms with E-state index in [0.717, 1.165) is 73.6 Å². The van der Waals surface area contributed by atoms with Gasteiger partial charge in [-0.05, 0) is 101 Å². The van der Waals surface area contributed by atoms with Crippen LogP contribution < -0.4 is 5.32 Å². The number of hydrogen-bond donors (Lipinski definition) is 3. The van der Waals surface area contributed by atoms with Gasteiger partial charge >= 0.3 is 0 Å². The molecule has 3 saturated heterocycles. The lowest BCUT2D eigenvalue weighted by molar-refractivity contribution is -0.133. The highest BCUT2D eigenvalue weighted by atomic mass is 35.5. The largest absolute Gasteiger partial charge is 0.393 e. The molecule has 6 fully saturated rings. The monoisotopic (exact) mass is 703 g/mol. The van der Waals surface area contributed by atoms with Crippen molar-refractivity contribution in [1.82, 2.24) is 20.2 Å². The number of likely N-dealkylation sites (tertiary alicyclic amines) is 1. The summed E-state index contributed by atoms with van der Waals surface area (Å²) in [6.07, 6.45) is 12.0. The Morgan fingerprint density at radius 2 is 1.88 bits per heavy atom. The Hall–Kier alpha value is -3.22. The lowest BCUT2D eigenvalue weighted by Gasteiger charge is -2.24. The zero-order valence-electron chi connectivity index (χ0n) is 28.0. The predicted molar refractivity (Wildman–Crippen MR) is 193 cm³/mol. The molecule has 3 N–H and O–H groups in total. The fourth-order valence-corrected chi connectivity index (χ4v) is 8.37. The van der Waals surface area contributed by atoms with Crippen LogP contribution in [0.25, 0.3) is 32.9 Å². The second kappa shape index (κ2) is 14.6. The number of aryl methyl sites for hydroxylation is 2. The number of halogens is 3. The van der Waals surface area contributed by atoms with Gasteiger partial charge in [0.1, 0.15) is 5.52 Å². The minimum absolute atomic E-state index is 0.0117. The number of carbonyl (C=O) groups is 1. The summed E-state index contributed by atoms with van der Waals surface area (Å²) in [6, 6.07) is 12.2. The van der Waals surface area contributed by atoms with Crippen LogP contribution in [0.4, 0.5) is 4.39 Å². The smallest absolute Gasteiger partial charge is 0.226 e. The summed E-state index contributed by atoms with van der Waals surface area (Å²) in [7, 11) is 0. The van der Waals surface area contributed by atoms with Crippen LogP contribution in [0.3, 0.4) is 0 Å². The van der Waals surface area contributed by atoms with E-state index in [0.29, 0.717) is 39.2 Å². The van der Waals surface area contributed by atoms with E-state index in [1.54, 1.807) is 18.2 Å². The van der Waals surface area contributed by atoms with Crippen molar-refractivity contribution in [3.8, 4) is 17.2 Å². The van der Waals surface area contributed by atoms with Gasteiger partial charge in [-0.15, -0.1) is 0 Å². The Labute approximate surface area is 297 Å². The van der Waals surface area contributed by atoms with Crippen molar-refractivity contribution in [3.63, 3.8) is 0 Å². The molecule has 3 aliphatic carbocycles. The first-order valence-corrected chi connectivity index (χ1v) is 18.7. The van der Waals surface area contributed by atoms with Crippen LogP contribution in [0.5, 0.6) is 0 Å². The van der Waals surface area contributed by atoms with Gasteiger partial charge in [0.25, 0.3) is 0 Å². The minimum Gasteiger partial charge on any atom is -0.393 e. The van der Waals surface area contributed by atoms with Gasteiger partial charge in [-0.3, -0.25) is 4.79 Å². The predicted octanol–water partition coefficient (Wildman–Crippen LogP) is 8.96. The van der Waals surface area contributed by atoms with Gasteiger partial charge in [0.15, 0.2) is 5.82 Å². The number of benzene rings is 2. The fourth-order valence-electron chi connectivity index (χ4n) is 7.97. The highest BCUT2D eigenvalue weighted by molar-refractivity contribution is 6.43. The van der Waals surface area contributed by atoms with Crippen molar-refractivity contribution in [3.05, 3.63) is 63.1 Å². The third-order valence-corrected chi connectivity index (χ3v) is 11.7. The molecule has 258 valence electrons. The molecule has 1 unspecified atom stereocenters. The molecule has 4 aromatic rings. The number of carbonyl (C=O) groups excluding carboxylic acids is 1. The van der Waals surface area contributed by atoms with Gasteiger partial charge < -0.3 is 20.3 Å². The van der Waals surface area contributed by atoms with Crippen LogP contribution in [0.15, 0.2) is 30.3 Å². The number of fused-ring (bicyclic) bond motifs is 4. The normalized spacial score (nSPS) is 22.8. The van der Waals surface area contributed by atoms with Crippen LogP contribution in [0, 0.1) is 35.9 Å². The number of nitrogens with one attached hydrogen (secondary N) is 2. The number of aliphatic hydroxyl groups is 1. The number of rotatable bonds is 5. The Kier molecular flexibility index (Phi) is 10.2. The van der Waals surface area contributed by atoms with E-state index < -0.39 is 5.82 Å². The molecule has 2 aromatic carbocycles. The molecule has 1 amide bonds. The van der Waals surface area contributed by atoms with Gasteiger partial charge in [0, 0.05) is 58.2 Å². The standard InChI is InChI=1S/C29H25Cl2FN4O.C5H9N.C5H10O/c1-15-19-14-22(23-8-4-12-36(23)29(37)16-9-10-16)35-27(19)20-13-17(5-3-11-33)24(26(32)28(20)34-15)18-6-2-7-21(30)25(18)31;1-4-2-5(1)6-3-4;6-5-3-1-2-4-5/h2,6-7,13-14,16,23,35H,3-5,8-10,12H2,1H3;4-6H,1-3H2;5-6H,1-4H2. The van der Waals surface area contributed by atoms with E-state index >= 15 is 4.39 Å². The summed E-state index contributed by atoms with van der Waals surface area (Å²) in [5.41, 5.74) is 4.17. The Morgan fingerprint density at radius 3 is 2.49 bits per heavy atom. The summed E-state index contributed by atoms with van der Waals surface area (Å²) < 4.78 is 16.3. The zero-order valence-corrected chi connectivity index (χ0v) is 29.5. The van der Waals surface area contributed by atoms with Crippen LogP contribution in [0.2, 0.25) is 10.0 Å². The maximum atomic E-state index is 16.3. The first-order valence-electron chi connectivity index (χ1n) is 17.9. The van der Waals surface area contributed by atoms with Gasteiger partial charge in [-0.1, -0.05) is 48.2 Å². The summed E-state index contributed by atoms with van der Waals surface area (Å²) in [4.78, 5) is 23.1. The van der Waals surface area contributed by atoms with Crippen molar-refractivity contribution in [2.45, 2.75) is 102 Å². The molecule has 3 saturated carbocycles. The third-order valence-electron chi connectivity index (χ3n) is 10.9. The Balaban J connectivity index is 0.000000261. The second-order valence-corrected chi connectivity index (χ2v) is 15.2. The molecule has 2 bridgehead atoms. The molecule has 2 aromatic heterocycles. The molecule has 0 radical (unpaired) electrons. The van der Waals surface area contributed by atoms with E-state index in [1.807, 2.05) is 17.9 Å². The summed E-state index contributed by atoms with van der Waals surface area (Å²) in [6.45, 7) is 3.95. The van der Waals surface area contributed by atoms with Crippen LogP contribution in [0.1, 0.15) is 93.6 Å². The van der Waals surface area contributed by atoms with E-state index in [-0.39, 0.29) is 40.9 Å². The van der Waals surface area contributed by atoms with Crippen molar-refractivity contribution in [2.75, 3.05) is 13.1 Å². The van der Waals surface area contributed by atoms with E-state index in [2.05, 4.69) is 27.4 Å². The van der Waals surface area contributed by atoms with Gasteiger partial charge in [-0.25, -0.2) is 9.37 Å². The molecule has 5 heterocycles. The maximum absolute atomic E-state index is 16.3. The van der Waals surface area contributed by atoms with Crippen LogP contribution in [-0.4, -0.2) is 51.1 Å². The molecule has 3 aliphatic heterocycles. The Morgan fingerprint density at radius 1 is 1.10 bits per heavy atom. The molecule has 7 nitrogen and oxygen atoms in total. The quantitative estimate of drug-likeness (QED) is 0.193. The number of pyridine rings is 1. The number of aromatic amines is 1. The highest BCUT2D eigenvalue weighted by Gasteiger charge is 2.39. The van der Waals surface area contributed by atoms with E-state index in [1.165, 1.54) is 32.2 Å². The summed E-state index contributed by atoms with van der Waals surface area (Å²) in [5, 5.41) is 23.6. The third kappa shape index (κ3) is 7.05. The lowest BCUT2D eigenvalue weighted by Crippen LogP contribution is -2.31.